The Balaban J connectivity index is 2.43. The topological polar surface area (TPSA) is 75.7 Å². The monoisotopic (exact) mass is 160 g/mol. The molecule has 0 bridgehead atoms. The van der Waals surface area contributed by atoms with Crippen molar-refractivity contribution in [3.63, 3.8) is 0 Å². The van der Waals surface area contributed by atoms with Crippen LogP contribution in [0.15, 0.2) is 4.99 Å². The molecule has 1 aliphatic heterocycles. The Morgan fingerprint density at radius 1 is 2.00 bits per heavy atom. The van der Waals surface area contributed by atoms with E-state index in [0.29, 0.717) is 11.5 Å². The summed E-state index contributed by atoms with van der Waals surface area (Å²) in [6, 6.07) is 0. The van der Waals surface area contributed by atoms with Gasteiger partial charge in [-0.15, -0.1) is 11.8 Å². The molecule has 3 N–H and O–H groups in total. The highest BCUT2D eigenvalue weighted by atomic mass is 32.2. The molecule has 0 aromatic carbocycles. The van der Waals surface area contributed by atoms with E-state index in [1.807, 2.05) is 0 Å². The van der Waals surface area contributed by atoms with Gasteiger partial charge < -0.3 is 10.8 Å². The van der Waals surface area contributed by atoms with Gasteiger partial charge in [-0.05, 0) is 0 Å². The molecule has 4 nitrogen and oxygen atoms in total. The van der Waals surface area contributed by atoms with Crippen molar-refractivity contribution in [3.05, 3.63) is 0 Å². The Kier molecular flexibility index (Phi) is 2.29. The molecule has 1 heterocycles. The van der Waals surface area contributed by atoms with E-state index in [4.69, 9.17) is 10.8 Å². The van der Waals surface area contributed by atoms with Crippen molar-refractivity contribution in [2.24, 2.45) is 10.7 Å². The van der Waals surface area contributed by atoms with Gasteiger partial charge in [0.15, 0.2) is 0 Å². The second-order valence-corrected chi connectivity index (χ2v) is 3.07. The number of carboxylic acid groups (broad SMARTS) is 1. The van der Waals surface area contributed by atoms with Crippen LogP contribution < -0.4 is 5.73 Å². The average molecular weight is 160 g/mol. The van der Waals surface area contributed by atoms with Gasteiger partial charge in [0.05, 0.1) is 6.42 Å². The first-order chi connectivity index (χ1) is 4.68. The van der Waals surface area contributed by atoms with Gasteiger partial charge in [-0.25, -0.2) is 0 Å². The maximum absolute atomic E-state index is 10.1. The van der Waals surface area contributed by atoms with E-state index >= 15 is 0 Å². The van der Waals surface area contributed by atoms with Crippen molar-refractivity contribution in [1.29, 1.82) is 0 Å². The molecule has 0 radical (unpaired) electrons. The molecular formula is C5H8N2O2S. The zero-order valence-corrected chi connectivity index (χ0v) is 6.10. The molecule has 1 rings (SSSR count). The predicted molar refractivity (Wildman–Crippen MR) is 40.1 cm³/mol. The van der Waals surface area contributed by atoms with Gasteiger partial charge >= 0.3 is 5.97 Å². The summed E-state index contributed by atoms with van der Waals surface area (Å²) >= 11 is 1.46. The second-order valence-electron chi connectivity index (χ2n) is 1.97. The third-order valence-electron chi connectivity index (χ3n) is 1.09. The van der Waals surface area contributed by atoms with Crippen LogP contribution in [0.25, 0.3) is 0 Å². The molecule has 0 aromatic rings. The Morgan fingerprint density at radius 2 is 2.70 bits per heavy atom. The summed E-state index contributed by atoms with van der Waals surface area (Å²) in [6.07, 6.45) is 0.0285. The molecule has 1 atom stereocenters. The van der Waals surface area contributed by atoms with Gasteiger partial charge in [0, 0.05) is 11.5 Å². The number of thioether (sulfide) groups is 1. The number of nitrogens with two attached hydrogens (primary N) is 1. The lowest BCUT2D eigenvalue weighted by Gasteiger charge is -1.90. The largest absolute Gasteiger partial charge is 0.481 e. The SMILES string of the molecule is NC1N=C(CC(=O)O)CS1. The zero-order valence-electron chi connectivity index (χ0n) is 5.28. The third-order valence-corrected chi connectivity index (χ3v) is 2.03. The normalized spacial score (nSPS) is 24.5. The Labute approximate surface area is 62.5 Å². The number of hydrogen-bond acceptors (Lipinski definition) is 4. The van der Waals surface area contributed by atoms with Gasteiger partial charge in [-0.3, -0.25) is 9.79 Å². The molecule has 0 spiro atoms. The Bertz CT molecular complexity index is 180. The van der Waals surface area contributed by atoms with Crippen molar-refractivity contribution < 1.29 is 9.90 Å². The summed E-state index contributed by atoms with van der Waals surface area (Å²) in [6.45, 7) is 0. The first-order valence-electron chi connectivity index (χ1n) is 2.83. The molecule has 0 saturated heterocycles. The molecular weight excluding hydrogens is 152 g/mol. The number of carbonyl (C=O) groups is 1. The zero-order chi connectivity index (χ0) is 7.56. The van der Waals surface area contributed by atoms with Crippen LogP contribution in [0.1, 0.15) is 6.42 Å². The van der Waals surface area contributed by atoms with Crippen molar-refractivity contribution >= 4 is 23.4 Å². The number of carboxylic acids is 1. The molecule has 10 heavy (non-hydrogen) atoms. The fourth-order valence-electron chi connectivity index (χ4n) is 0.707. The number of nitrogens with zero attached hydrogens (tertiary/aromatic N) is 1. The first-order valence-corrected chi connectivity index (χ1v) is 3.88. The van der Waals surface area contributed by atoms with Crippen molar-refractivity contribution in [2.75, 3.05) is 5.75 Å². The maximum Gasteiger partial charge on any atom is 0.309 e. The van der Waals surface area contributed by atoms with Crippen molar-refractivity contribution in [3.8, 4) is 0 Å². The van der Waals surface area contributed by atoms with Gasteiger partial charge in [0.1, 0.15) is 5.50 Å². The number of hydrogen-bond donors (Lipinski definition) is 2. The van der Waals surface area contributed by atoms with E-state index in [1.165, 1.54) is 11.8 Å². The highest BCUT2D eigenvalue weighted by molar-refractivity contribution is 8.00. The van der Waals surface area contributed by atoms with Crippen LogP contribution in [0.4, 0.5) is 0 Å². The van der Waals surface area contributed by atoms with Gasteiger partial charge in [0.25, 0.3) is 0 Å². The number of aliphatic carboxylic acids is 1. The van der Waals surface area contributed by atoms with E-state index < -0.39 is 5.97 Å². The first kappa shape index (κ1) is 7.56. The highest BCUT2D eigenvalue weighted by Gasteiger charge is 2.15. The summed E-state index contributed by atoms with van der Waals surface area (Å²) in [5.41, 5.74) is 5.83. The second kappa shape index (κ2) is 3.03. The molecule has 0 aromatic heterocycles. The highest BCUT2D eigenvalue weighted by Crippen LogP contribution is 2.16. The maximum atomic E-state index is 10.1. The lowest BCUT2D eigenvalue weighted by Crippen LogP contribution is -2.08. The molecule has 0 aliphatic carbocycles. The molecule has 56 valence electrons. The molecule has 0 saturated carbocycles. The van der Waals surface area contributed by atoms with E-state index in [0.717, 1.165) is 0 Å². The minimum Gasteiger partial charge on any atom is -0.481 e. The van der Waals surface area contributed by atoms with Crippen LogP contribution >= 0.6 is 11.8 Å². The summed E-state index contributed by atoms with van der Waals surface area (Å²) < 4.78 is 0. The van der Waals surface area contributed by atoms with Crippen LogP contribution in [0.5, 0.6) is 0 Å². The van der Waals surface area contributed by atoms with Crippen molar-refractivity contribution in [2.45, 2.75) is 11.9 Å². The Hall–Kier alpha value is -0.550. The van der Waals surface area contributed by atoms with Crippen LogP contribution in [-0.2, 0) is 4.79 Å². The Morgan fingerprint density at radius 3 is 3.10 bits per heavy atom. The van der Waals surface area contributed by atoms with Gasteiger partial charge in [-0.1, -0.05) is 0 Å². The quantitative estimate of drug-likeness (QED) is 0.591. The summed E-state index contributed by atoms with van der Waals surface area (Å²) in [7, 11) is 0. The van der Waals surface area contributed by atoms with Gasteiger partial charge in [-0.2, -0.15) is 0 Å². The van der Waals surface area contributed by atoms with Crippen molar-refractivity contribution in [1.82, 2.24) is 0 Å². The summed E-state index contributed by atoms with van der Waals surface area (Å²) in [4.78, 5) is 14.0. The summed E-state index contributed by atoms with van der Waals surface area (Å²) in [5, 5.41) is 8.33. The molecule has 1 aliphatic rings. The number of aliphatic imine (C=N–C) groups is 1. The minimum absolute atomic E-state index is 0.0285. The van der Waals surface area contributed by atoms with Crippen LogP contribution in [0.3, 0.4) is 0 Å². The average Bonchev–Trinajstić information content (AvgIpc) is 2.13. The smallest absolute Gasteiger partial charge is 0.309 e. The van der Waals surface area contributed by atoms with E-state index in [1.54, 1.807) is 0 Å². The fourth-order valence-corrected chi connectivity index (χ4v) is 1.47. The van der Waals surface area contributed by atoms with E-state index in [2.05, 4.69) is 4.99 Å². The van der Waals surface area contributed by atoms with Gasteiger partial charge in [0.2, 0.25) is 0 Å². The van der Waals surface area contributed by atoms with E-state index in [9.17, 15) is 4.79 Å². The van der Waals surface area contributed by atoms with Crippen LogP contribution in [-0.4, -0.2) is 28.0 Å². The molecule has 1 unspecified atom stereocenters. The third kappa shape index (κ3) is 2.00. The van der Waals surface area contributed by atoms with Crippen LogP contribution in [0.2, 0.25) is 0 Å². The summed E-state index contributed by atoms with van der Waals surface area (Å²) in [5.74, 6) is -0.179. The molecule has 0 amide bonds. The van der Waals surface area contributed by atoms with Crippen LogP contribution in [0, 0.1) is 0 Å². The minimum atomic E-state index is -0.839. The standard InChI is InChI=1S/C5H8N2O2S/c6-5-7-3(2-10-5)1-4(8)9/h5H,1-2,6H2,(H,8,9). The molecule has 5 heteroatoms. The number of rotatable bonds is 2. The lowest BCUT2D eigenvalue weighted by molar-refractivity contribution is -0.135. The fraction of sp³-hybridized carbons (Fsp3) is 0.600. The predicted octanol–water partition coefficient (Wildman–Crippen LogP) is -0.109. The molecule has 0 fully saturated rings. The van der Waals surface area contributed by atoms with E-state index in [-0.39, 0.29) is 11.9 Å². The lowest BCUT2D eigenvalue weighted by atomic mass is 10.3.